The molecule has 2 bridgehead atoms. The Morgan fingerprint density at radius 3 is 2.47 bits per heavy atom. The number of carbonyl (C=O) groups is 3. The molecule has 0 radical (unpaired) electrons. The van der Waals surface area contributed by atoms with E-state index >= 15 is 0 Å². The van der Waals surface area contributed by atoms with Crippen molar-refractivity contribution in [3.05, 3.63) is 53.8 Å². The van der Waals surface area contributed by atoms with Crippen LogP contribution >= 0.6 is 0 Å². The molecule has 10 nitrogen and oxygen atoms in total. The van der Waals surface area contributed by atoms with Crippen LogP contribution in [0.3, 0.4) is 0 Å². The van der Waals surface area contributed by atoms with Crippen molar-refractivity contribution in [2.45, 2.75) is 63.8 Å². The van der Waals surface area contributed by atoms with Crippen LogP contribution in [0.25, 0.3) is 0 Å². The first-order valence-corrected chi connectivity index (χ1v) is 12.8. The fraction of sp³-hybridized carbons (Fsp3) is 0.500. The lowest BCUT2D eigenvalue weighted by molar-refractivity contribution is -0.144. The van der Waals surface area contributed by atoms with Crippen molar-refractivity contribution in [2.24, 2.45) is 11.8 Å². The molecule has 3 aliphatic rings. The lowest BCUT2D eigenvalue weighted by Gasteiger charge is -2.35. The average molecular weight is 523 g/mol. The van der Waals surface area contributed by atoms with Crippen LogP contribution in [0.4, 0.5) is 5.82 Å². The second kappa shape index (κ2) is 8.97. The van der Waals surface area contributed by atoms with Gasteiger partial charge < -0.3 is 29.5 Å². The van der Waals surface area contributed by atoms with Crippen LogP contribution in [0.2, 0.25) is 0 Å². The van der Waals surface area contributed by atoms with Crippen LogP contribution in [-0.4, -0.2) is 64.2 Å². The third-order valence-corrected chi connectivity index (χ3v) is 7.51. The molecule has 38 heavy (non-hydrogen) atoms. The molecule has 2 N–H and O–H groups in total. The molecule has 0 saturated carbocycles. The predicted molar refractivity (Wildman–Crippen MR) is 138 cm³/mol. The Morgan fingerprint density at radius 2 is 1.87 bits per heavy atom. The second-order valence-corrected chi connectivity index (χ2v) is 11.5. The van der Waals surface area contributed by atoms with Gasteiger partial charge in [0.05, 0.1) is 24.5 Å². The minimum atomic E-state index is -1.26. The molecule has 10 heteroatoms. The highest BCUT2D eigenvalue weighted by Crippen LogP contribution is 2.59. The van der Waals surface area contributed by atoms with E-state index in [-0.39, 0.29) is 24.2 Å². The van der Waals surface area contributed by atoms with E-state index in [2.05, 4.69) is 15.8 Å². The van der Waals surface area contributed by atoms with E-state index in [1.54, 1.807) is 44.1 Å². The van der Waals surface area contributed by atoms with Gasteiger partial charge in [0.1, 0.15) is 23.2 Å². The van der Waals surface area contributed by atoms with Gasteiger partial charge in [0, 0.05) is 18.2 Å². The molecule has 0 unspecified atom stereocenters. The summed E-state index contributed by atoms with van der Waals surface area (Å²) < 4.78 is 16.8. The van der Waals surface area contributed by atoms with E-state index in [0.717, 1.165) is 11.3 Å². The zero-order valence-corrected chi connectivity index (χ0v) is 22.5. The number of fused-ring (bicyclic) bond motifs is 1. The number of methoxy groups -OCH3 is 1. The Labute approximate surface area is 221 Å². The van der Waals surface area contributed by atoms with Crippen LogP contribution in [0.5, 0.6) is 5.75 Å². The van der Waals surface area contributed by atoms with Crippen LogP contribution in [-0.2, 0) is 25.5 Å². The van der Waals surface area contributed by atoms with Crippen molar-refractivity contribution >= 4 is 23.5 Å². The zero-order chi connectivity index (χ0) is 27.5. The molecule has 1 spiro atoms. The van der Waals surface area contributed by atoms with Crippen molar-refractivity contribution in [2.75, 3.05) is 19.0 Å². The summed E-state index contributed by atoms with van der Waals surface area (Å²) in [6.45, 7) is 9.46. The summed E-state index contributed by atoms with van der Waals surface area (Å²) in [6, 6.07) is 8.26. The number of nitrogens with zero attached hydrogens (tertiary/aromatic N) is 2. The van der Waals surface area contributed by atoms with Crippen LogP contribution < -0.4 is 15.4 Å². The first-order valence-electron chi connectivity index (χ1n) is 12.8. The van der Waals surface area contributed by atoms with Crippen molar-refractivity contribution in [3.63, 3.8) is 0 Å². The summed E-state index contributed by atoms with van der Waals surface area (Å²) in [6.07, 6.45) is 4.13. The first-order chi connectivity index (χ1) is 17.9. The Morgan fingerprint density at radius 1 is 1.16 bits per heavy atom. The van der Waals surface area contributed by atoms with E-state index in [9.17, 15) is 14.4 Å². The fourth-order valence-corrected chi connectivity index (χ4v) is 5.98. The zero-order valence-electron chi connectivity index (χ0n) is 22.5. The van der Waals surface area contributed by atoms with Crippen molar-refractivity contribution in [1.82, 2.24) is 15.4 Å². The molecule has 5 rings (SSSR count). The number of anilines is 1. The Balaban J connectivity index is 1.48. The van der Waals surface area contributed by atoms with Gasteiger partial charge in [-0.15, -0.1) is 0 Å². The maximum absolute atomic E-state index is 14.1. The van der Waals surface area contributed by atoms with E-state index < -0.39 is 40.5 Å². The minimum Gasteiger partial charge on any atom is -0.497 e. The molecule has 202 valence electrons. The second-order valence-electron chi connectivity index (χ2n) is 11.5. The molecule has 1 aromatic carbocycles. The lowest BCUT2D eigenvalue weighted by Crippen LogP contribution is -2.58. The SMILES string of the molecule is COc1ccc(CCN2C(=O)[C@H]3[C@@H](C(=O)Nc4cc(C)on4)[C@]4(C)C=C[C@]3(O4)[C@H]2C(=O)NC(C)(C)C)cc1. The highest BCUT2D eigenvalue weighted by atomic mass is 16.5. The standard InChI is InChI=1S/C28H34N4O6/c1-16-15-19(31-37-16)29-23(33)20-21-25(35)32(14-11-17-7-9-18(36-6)10-8-17)22(24(34)30-26(2,3)4)28(21)13-12-27(20,5)38-28/h7-10,12-13,15,20-22H,11,14H2,1-6H3,(H,30,34)(H,29,31,33)/t20-,21+,22+,27-,28+/m0/s1. The van der Waals surface area contributed by atoms with E-state index in [0.29, 0.717) is 12.2 Å². The molecular weight excluding hydrogens is 488 g/mol. The highest BCUT2D eigenvalue weighted by Gasteiger charge is 2.76. The highest BCUT2D eigenvalue weighted by molar-refractivity contribution is 6.03. The third-order valence-electron chi connectivity index (χ3n) is 7.51. The number of ether oxygens (including phenoxy) is 2. The molecule has 2 saturated heterocycles. The van der Waals surface area contributed by atoms with Crippen LogP contribution in [0.15, 0.2) is 47.0 Å². The number of benzene rings is 1. The van der Waals surface area contributed by atoms with Crippen molar-refractivity contribution < 1.29 is 28.4 Å². The lowest BCUT2D eigenvalue weighted by atomic mass is 9.70. The summed E-state index contributed by atoms with van der Waals surface area (Å²) in [4.78, 5) is 43.0. The number of aromatic nitrogens is 1. The molecule has 0 aliphatic carbocycles. The molecule has 1 aromatic heterocycles. The van der Waals surface area contributed by atoms with E-state index in [1.807, 2.05) is 45.0 Å². The molecular formula is C28H34N4O6. The smallest absolute Gasteiger partial charge is 0.246 e. The fourth-order valence-electron chi connectivity index (χ4n) is 5.98. The number of carbonyl (C=O) groups excluding carboxylic acids is 3. The molecule has 5 atom stereocenters. The number of nitrogens with one attached hydrogen (secondary N) is 2. The predicted octanol–water partition coefficient (Wildman–Crippen LogP) is 2.63. The van der Waals surface area contributed by atoms with Gasteiger partial charge in [-0.05, 0) is 58.7 Å². The topological polar surface area (TPSA) is 123 Å². The van der Waals surface area contributed by atoms with Gasteiger partial charge in [-0.2, -0.15) is 0 Å². The number of hydrogen-bond donors (Lipinski definition) is 2. The van der Waals surface area contributed by atoms with Gasteiger partial charge in [-0.1, -0.05) is 29.4 Å². The molecule has 3 amide bonds. The van der Waals surface area contributed by atoms with Gasteiger partial charge >= 0.3 is 0 Å². The van der Waals surface area contributed by atoms with Gasteiger partial charge in [0.15, 0.2) is 5.82 Å². The average Bonchev–Trinajstić information content (AvgIpc) is 3.54. The monoisotopic (exact) mass is 522 g/mol. The van der Waals surface area contributed by atoms with Crippen molar-refractivity contribution in [1.29, 1.82) is 0 Å². The summed E-state index contributed by atoms with van der Waals surface area (Å²) in [5, 5.41) is 9.65. The van der Waals surface area contributed by atoms with Crippen LogP contribution in [0.1, 0.15) is 39.0 Å². The number of hydrogen-bond acceptors (Lipinski definition) is 7. The summed E-state index contributed by atoms with van der Waals surface area (Å²) in [7, 11) is 1.60. The quantitative estimate of drug-likeness (QED) is 0.536. The number of aryl methyl sites for hydroxylation is 1. The number of likely N-dealkylation sites (tertiary alicyclic amines) is 1. The summed E-state index contributed by atoms with van der Waals surface area (Å²) in [5.74, 6) is -1.17. The molecule has 2 aromatic rings. The van der Waals surface area contributed by atoms with Crippen molar-refractivity contribution in [3.8, 4) is 5.75 Å². The normalized spacial score (nSPS) is 29.5. The summed E-state index contributed by atoms with van der Waals surface area (Å²) in [5.41, 5.74) is -1.84. The Bertz CT molecular complexity index is 1300. The Hall–Kier alpha value is -3.66. The summed E-state index contributed by atoms with van der Waals surface area (Å²) >= 11 is 0. The molecule has 2 fully saturated rings. The number of amides is 3. The third kappa shape index (κ3) is 4.26. The maximum atomic E-state index is 14.1. The van der Waals surface area contributed by atoms with Gasteiger partial charge in [-0.3, -0.25) is 14.4 Å². The largest absolute Gasteiger partial charge is 0.497 e. The first kappa shape index (κ1) is 26.0. The van der Waals surface area contributed by atoms with Gasteiger partial charge in [0.2, 0.25) is 17.7 Å². The minimum absolute atomic E-state index is 0.265. The number of rotatable bonds is 7. The van der Waals surface area contributed by atoms with Gasteiger partial charge in [0.25, 0.3) is 0 Å². The van der Waals surface area contributed by atoms with Gasteiger partial charge in [-0.25, -0.2) is 0 Å². The molecule has 3 aliphatic heterocycles. The van der Waals surface area contributed by atoms with Crippen LogP contribution in [0, 0.1) is 18.8 Å². The van der Waals surface area contributed by atoms with E-state index in [4.69, 9.17) is 14.0 Å². The Kier molecular flexibility index (Phi) is 6.13. The van der Waals surface area contributed by atoms with E-state index in [1.165, 1.54) is 0 Å². The molecule has 4 heterocycles. The maximum Gasteiger partial charge on any atom is 0.246 e.